The van der Waals surface area contributed by atoms with E-state index in [-0.39, 0.29) is 11.5 Å². The minimum absolute atomic E-state index is 0.0678. The van der Waals surface area contributed by atoms with Crippen LogP contribution in [0.3, 0.4) is 0 Å². The summed E-state index contributed by atoms with van der Waals surface area (Å²) in [5, 5.41) is 2.94. The standard InChI is InChI=1S/C17H28N2O2/c1-17(2,3)21-15-9-7-14(8-10-15)13-16(20)18-11-6-12-19(4)5/h7-10H,6,11-13H2,1-5H3,(H,18,20). The van der Waals surface area contributed by atoms with Crippen LogP contribution >= 0.6 is 0 Å². The quantitative estimate of drug-likeness (QED) is 0.785. The zero-order valence-electron chi connectivity index (χ0n) is 13.9. The van der Waals surface area contributed by atoms with Crippen molar-refractivity contribution in [2.24, 2.45) is 0 Å². The Labute approximate surface area is 128 Å². The van der Waals surface area contributed by atoms with E-state index in [1.165, 1.54) is 0 Å². The maximum Gasteiger partial charge on any atom is 0.224 e. The fourth-order valence-electron chi connectivity index (χ4n) is 1.90. The lowest BCUT2D eigenvalue weighted by molar-refractivity contribution is -0.120. The van der Waals surface area contributed by atoms with Gasteiger partial charge in [-0.05, 0) is 65.5 Å². The molecular weight excluding hydrogens is 264 g/mol. The highest BCUT2D eigenvalue weighted by atomic mass is 16.5. The van der Waals surface area contributed by atoms with Crippen molar-refractivity contribution in [1.29, 1.82) is 0 Å². The van der Waals surface area contributed by atoms with Crippen molar-refractivity contribution in [2.75, 3.05) is 27.2 Å². The summed E-state index contributed by atoms with van der Waals surface area (Å²) in [5.74, 6) is 0.899. The van der Waals surface area contributed by atoms with Crippen LogP contribution in [0.15, 0.2) is 24.3 Å². The number of rotatable bonds is 7. The second kappa shape index (κ2) is 8.03. The lowest BCUT2D eigenvalue weighted by Crippen LogP contribution is -2.28. The van der Waals surface area contributed by atoms with Crippen LogP contribution in [0.2, 0.25) is 0 Å². The molecule has 0 atom stereocenters. The second-order valence-electron chi connectivity index (χ2n) is 6.54. The van der Waals surface area contributed by atoms with E-state index in [4.69, 9.17) is 4.74 Å². The maximum atomic E-state index is 11.8. The van der Waals surface area contributed by atoms with Gasteiger partial charge >= 0.3 is 0 Å². The van der Waals surface area contributed by atoms with Crippen LogP contribution < -0.4 is 10.1 Å². The first kappa shape index (κ1) is 17.5. The molecule has 4 heteroatoms. The molecule has 1 rings (SSSR count). The fourth-order valence-corrected chi connectivity index (χ4v) is 1.90. The van der Waals surface area contributed by atoms with E-state index in [0.29, 0.717) is 6.42 Å². The van der Waals surface area contributed by atoms with Gasteiger partial charge < -0.3 is 15.0 Å². The average molecular weight is 292 g/mol. The first-order chi connectivity index (χ1) is 9.76. The van der Waals surface area contributed by atoms with Gasteiger partial charge in [0, 0.05) is 6.54 Å². The molecule has 0 spiro atoms. The van der Waals surface area contributed by atoms with E-state index in [1.54, 1.807) is 0 Å². The van der Waals surface area contributed by atoms with Crippen LogP contribution in [0.4, 0.5) is 0 Å². The number of hydrogen-bond donors (Lipinski definition) is 1. The molecule has 1 N–H and O–H groups in total. The Hall–Kier alpha value is -1.55. The molecule has 0 unspecified atom stereocenters. The average Bonchev–Trinajstić information content (AvgIpc) is 2.35. The summed E-state index contributed by atoms with van der Waals surface area (Å²) in [4.78, 5) is 13.9. The van der Waals surface area contributed by atoms with E-state index >= 15 is 0 Å². The van der Waals surface area contributed by atoms with Gasteiger partial charge in [0.2, 0.25) is 5.91 Å². The van der Waals surface area contributed by atoms with Crippen molar-refractivity contribution in [1.82, 2.24) is 10.2 Å². The Morgan fingerprint density at radius 3 is 2.33 bits per heavy atom. The van der Waals surface area contributed by atoms with Crippen LogP contribution in [0, 0.1) is 0 Å². The van der Waals surface area contributed by atoms with Crippen LogP contribution in [-0.4, -0.2) is 43.6 Å². The SMILES string of the molecule is CN(C)CCCNC(=O)Cc1ccc(OC(C)(C)C)cc1. The van der Waals surface area contributed by atoms with Crippen LogP contribution in [0.25, 0.3) is 0 Å². The normalized spacial score (nSPS) is 11.5. The zero-order valence-corrected chi connectivity index (χ0v) is 13.9. The van der Waals surface area contributed by atoms with Crippen molar-refractivity contribution in [3.63, 3.8) is 0 Å². The third-order valence-corrected chi connectivity index (χ3v) is 2.82. The summed E-state index contributed by atoms with van der Waals surface area (Å²) in [6.07, 6.45) is 1.38. The van der Waals surface area contributed by atoms with Crippen molar-refractivity contribution < 1.29 is 9.53 Å². The fraction of sp³-hybridized carbons (Fsp3) is 0.588. The molecule has 21 heavy (non-hydrogen) atoms. The second-order valence-corrected chi connectivity index (χ2v) is 6.54. The number of carbonyl (C=O) groups is 1. The predicted octanol–water partition coefficient (Wildman–Crippen LogP) is 2.47. The van der Waals surface area contributed by atoms with Crippen molar-refractivity contribution in [3.8, 4) is 5.75 Å². The Bertz CT molecular complexity index is 433. The molecule has 0 saturated carbocycles. The van der Waals surface area contributed by atoms with E-state index in [1.807, 2.05) is 59.1 Å². The lowest BCUT2D eigenvalue weighted by atomic mass is 10.1. The highest BCUT2D eigenvalue weighted by Crippen LogP contribution is 2.18. The molecule has 0 fully saturated rings. The van der Waals surface area contributed by atoms with Crippen molar-refractivity contribution in [2.45, 2.75) is 39.2 Å². The van der Waals surface area contributed by atoms with Gasteiger partial charge in [-0.3, -0.25) is 4.79 Å². The topological polar surface area (TPSA) is 41.6 Å². The number of carbonyl (C=O) groups excluding carboxylic acids is 1. The van der Waals surface area contributed by atoms with Gasteiger partial charge in [-0.25, -0.2) is 0 Å². The van der Waals surface area contributed by atoms with Crippen LogP contribution in [-0.2, 0) is 11.2 Å². The number of nitrogens with one attached hydrogen (secondary N) is 1. The summed E-state index contributed by atoms with van der Waals surface area (Å²) in [6.45, 7) is 7.76. The molecule has 4 nitrogen and oxygen atoms in total. The van der Waals surface area contributed by atoms with Crippen LogP contribution in [0.5, 0.6) is 5.75 Å². The molecule has 118 valence electrons. The smallest absolute Gasteiger partial charge is 0.224 e. The van der Waals surface area contributed by atoms with Gasteiger partial charge in [0.05, 0.1) is 6.42 Å². The Morgan fingerprint density at radius 2 is 1.81 bits per heavy atom. The van der Waals surface area contributed by atoms with E-state index in [2.05, 4.69) is 10.2 Å². The van der Waals surface area contributed by atoms with Gasteiger partial charge in [-0.15, -0.1) is 0 Å². The van der Waals surface area contributed by atoms with E-state index in [9.17, 15) is 4.79 Å². The Morgan fingerprint density at radius 1 is 1.19 bits per heavy atom. The minimum Gasteiger partial charge on any atom is -0.488 e. The first-order valence-corrected chi connectivity index (χ1v) is 7.46. The molecule has 0 radical (unpaired) electrons. The third-order valence-electron chi connectivity index (χ3n) is 2.82. The van der Waals surface area contributed by atoms with Crippen molar-refractivity contribution in [3.05, 3.63) is 29.8 Å². The highest BCUT2D eigenvalue weighted by Gasteiger charge is 2.11. The van der Waals surface area contributed by atoms with Gasteiger partial charge in [0.15, 0.2) is 0 Å². The molecule has 0 heterocycles. The molecule has 1 aromatic rings. The lowest BCUT2D eigenvalue weighted by Gasteiger charge is -2.21. The number of nitrogens with zero attached hydrogens (tertiary/aromatic N) is 1. The Balaban J connectivity index is 2.36. The summed E-state index contributed by atoms with van der Waals surface area (Å²) in [5.41, 5.74) is 0.798. The molecule has 0 bridgehead atoms. The Kier molecular flexibility index (Phi) is 6.69. The van der Waals surface area contributed by atoms with Gasteiger partial charge in [-0.2, -0.15) is 0 Å². The summed E-state index contributed by atoms with van der Waals surface area (Å²) < 4.78 is 5.76. The molecule has 1 amide bonds. The number of ether oxygens (including phenoxy) is 1. The highest BCUT2D eigenvalue weighted by molar-refractivity contribution is 5.78. The number of benzene rings is 1. The number of amides is 1. The largest absolute Gasteiger partial charge is 0.488 e. The molecule has 0 aromatic heterocycles. The summed E-state index contributed by atoms with van der Waals surface area (Å²) >= 11 is 0. The van der Waals surface area contributed by atoms with Gasteiger partial charge in [0.1, 0.15) is 11.4 Å². The molecule has 0 aliphatic rings. The minimum atomic E-state index is -0.203. The third kappa shape index (κ3) is 8.35. The first-order valence-electron chi connectivity index (χ1n) is 7.46. The molecular formula is C17H28N2O2. The molecule has 0 saturated heterocycles. The summed E-state index contributed by atoms with van der Waals surface area (Å²) in [6, 6.07) is 7.72. The van der Waals surface area contributed by atoms with Crippen LogP contribution in [0.1, 0.15) is 32.8 Å². The van der Waals surface area contributed by atoms with E-state index in [0.717, 1.165) is 30.8 Å². The van der Waals surface area contributed by atoms with E-state index < -0.39 is 0 Å². The van der Waals surface area contributed by atoms with Gasteiger partial charge in [-0.1, -0.05) is 12.1 Å². The molecule has 1 aromatic carbocycles. The molecule has 0 aliphatic heterocycles. The monoisotopic (exact) mass is 292 g/mol. The predicted molar refractivity (Wildman–Crippen MR) is 86.7 cm³/mol. The zero-order chi connectivity index (χ0) is 15.9. The summed E-state index contributed by atoms with van der Waals surface area (Å²) in [7, 11) is 4.06. The van der Waals surface area contributed by atoms with Crippen molar-refractivity contribution >= 4 is 5.91 Å². The van der Waals surface area contributed by atoms with Gasteiger partial charge in [0.25, 0.3) is 0 Å². The maximum absolute atomic E-state index is 11.8. The molecule has 0 aliphatic carbocycles. The number of hydrogen-bond acceptors (Lipinski definition) is 3.